The van der Waals surface area contributed by atoms with Crippen molar-refractivity contribution in [3.8, 4) is 17.2 Å². The molecule has 0 bridgehead atoms. The molecule has 0 radical (unpaired) electrons. The molecule has 2 aromatic carbocycles. The minimum Gasteiger partial charge on any atom is -0.497 e. The van der Waals surface area contributed by atoms with E-state index >= 15 is 0 Å². The average Bonchev–Trinajstić information content (AvgIpc) is 2.89. The van der Waals surface area contributed by atoms with E-state index in [1.54, 1.807) is 7.11 Å². The number of methoxy groups -OCH3 is 1. The Morgan fingerprint density at radius 1 is 1.25 bits per heavy atom. The number of para-hydroxylation sites is 1. The molecule has 0 aliphatic carbocycles. The Morgan fingerprint density at radius 2 is 2.10 bits per heavy atom. The van der Waals surface area contributed by atoms with Gasteiger partial charge in [-0.15, -0.1) is 0 Å². The smallest absolute Gasteiger partial charge is 0.133 e. The van der Waals surface area contributed by atoms with Crippen molar-refractivity contribution >= 4 is 15.9 Å². The summed E-state index contributed by atoms with van der Waals surface area (Å²) < 4.78 is 17.6. The zero-order valence-corrected chi connectivity index (χ0v) is 12.7. The van der Waals surface area contributed by atoms with Crippen LogP contribution in [0.1, 0.15) is 11.5 Å². The fourth-order valence-electron chi connectivity index (χ4n) is 2.28. The molecule has 0 fully saturated rings. The van der Waals surface area contributed by atoms with E-state index < -0.39 is 0 Å². The molecule has 104 valence electrons. The second-order valence-electron chi connectivity index (χ2n) is 4.65. The van der Waals surface area contributed by atoms with Crippen LogP contribution in [0.4, 0.5) is 0 Å². The van der Waals surface area contributed by atoms with Crippen molar-refractivity contribution in [3.63, 3.8) is 0 Å². The second-order valence-corrected chi connectivity index (χ2v) is 5.51. The van der Waals surface area contributed by atoms with Gasteiger partial charge in [0.2, 0.25) is 0 Å². The summed E-state index contributed by atoms with van der Waals surface area (Å²) >= 11 is 3.49. The Bertz CT molecular complexity index is 612. The molecular formula is C16H15BrO3. The summed E-state index contributed by atoms with van der Waals surface area (Å²) in [6.45, 7) is 1.27. The molecule has 0 saturated carbocycles. The molecule has 1 aliphatic rings. The highest BCUT2D eigenvalue weighted by molar-refractivity contribution is 9.10. The van der Waals surface area contributed by atoms with Gasteiger partial charge in [0.25, 0.3) is 0 Å². The Labute approximate surface area is 126 Å². The fraction of sp³-hybridized carbons (Fsp3) is 0.250. The Kier molecular flexibility index (Phi) is 3.83. The molecule has 4 heteroatoms. The first-order valence-electron chi connectivity index (χ1n) is 6.46. The number of halogens is 1. The summed E-state index contributed by atoms with van der Waals surface area (Å²) in [4.78, 5) is 0. The van der Waals surface area contributed by atoms with Crippen LogP contribution in [0.3, 0.4) is 0 Å². The second kappa shape index (κ2) is 5.75. The lowest BCUT2D eigenvalue weighted by atomic mass is 10.0. The maximum absolute atomic E-state index is 5.89. The molecule has 3 rings (SSSR count). The molecule has 3 nitrogen and oxygen atoms in total. The quantitative estimate of drug-likeness (QED) is 0.845. The molecule has 1 atom stereocenters. The van der Waals surface area contributed by atoms with E-state index in [-0.39, 0.29) is 5.92 Å². The molecule has 1 unspecified atom stereocenters. The number of fused-ring (bicyclic) bond motifs is 1. The zero-order valence-electron chi connectivity index (χ0n) is 11.1. The standard InChI is InChI=1S/C16H15BrO3/c1-18-12-6-7-16(14(17)8-12)20-10-11-9-19-15-5-3-2-4-13(11)15/h2-8,11H,9-10H2,1H3. The summed E-state index contributed by atoms with van der Waals surface area (Å²) in [7, 11) is 1.65. The van der Waals surface area contributed by atoms with E-state index in [0.29, 0.717) is 13.2 Å². The molecule has 20 heavy (non-hydrogen) atoms. The molecule has 1 heterocycles. The maximum atomic E-state index is 5.89. The topological polar surface area (TPSA) is 27.7 Å². The Morgan fingerprint density at radius 3 is 2.90 bits per heavy atom. The van der Waals surface area contributed by atoms with Gasteiger partial charge >= 0.3 is 0 Å². The lowest BCUT2D eigenvalue weighted by molar-refractivity contribution is 0.247. The number of rotatable bonds is 4. The molecule has 0 N–H and O–H groups in total. The number of hydrogen-bond donors (Lipinski definition) is 0. The van der Waals surface area contributed by atoms with Crippen LogP contribution in [-0.4, -0.2) is 20.3 Å². The lowest BCUT2D eigenvalue weighted by Crippen LogP contribution is -2.11. The molecule has 0 aromatic heterocycles. The Balaban J connectivity index is 1.69. The van der Waals surface area contributed by atoms with Crippen molar-refractivity contribution < 1.29 is 14.2 Å². The highest BCUT2D eigenvalue weighted by Gasteiger charge is 2.24. The van der Waals surface area contributed by atoms with Crippen molar-refractivity contribution in [2.45, 2.75) is 5.92 Å². The summed E-state index contributed by atoms with van der Waals surface area (Å²) in [6, 6.07) is 13.8. The highest BCUT2D eigenvalue weighted by Crippen LogP contribution is 2.35. The van der Waals surface area contributed by atoms with Crippen LogP contribution >= 0.6 is 15.9 Å². The van der Waals surface area contributed by atoms with Crippen LogP contribution in [0.25, 0.3) is 0 Å². The van der Waals surface area contributed by atoms with Gasteiger partial charge in [-0.2, -0.15) is 0 Å². The van der Waals surface area contributed by atoms with Crippen LogP contribution in [-0.2, 0) is 0 Å². The minimum atomic E-state index is 0.278. The number of hydrogen-bond acceptors (Lipinski definition) is 3. The van der Waals surface area contributed by atoms with Gasteiger partial charge in [0.15, 0.2) is 0 Å². The van der Waals surface area contributed by atoms with E-state index in [1.165, 1.54) is 5.56 Å². The summed E-state index contributed by atoms with van der Waals surface area (Å²) in [6.07, 6.45) is 0. The van der Waals surface area contributed by atoms with Crippen molar-refractivity contribution in [2.24, 2.45) is 0 Å². The van der Waals surface area contributed by atoms with Crippen LogP contribution in [0.15, 0.2) is 46.9 Å². The molecule has 0 amide bonds. The fourth-order valence-corrected chi connectivity index (χ4v) is 2.76. The summed E-state index contributed by atoms with van der Waals surface area (Å²) in [5.41, 5.74) is 1.22. The molecule has 0 saturated heterocycles. The molecule has 0 spiro atoms. The predicted octanol–water partition coefficient (Wildman–Crippen LogP) is 4.01. The van der Waals surface area contributed by atoms with Gasteiger partial charge in [0, 0.05) is 5.56 Å². The van der Waals surface area contributed by atoms with Gasteiger partial charge in [-0.25, -0.2) is 0 Å². The number of benzene rings is 2. The van der Waals surface area contributed by atoms with Gasteiger partial charge in [-0.05, 0) is 40.2 Å². The number of ether oxygens (including phenoxy) is 3. The van der Waals surface area contributed by atoms with Crippen LogP contribution in [0.5, 0.6) is 17.2 Å². The first kappa shape index (κ1) is 13.3. The van der Waals surface area contributed by atoms with E-state index in [2.05, 4.69) is 22.0 Å². The third-order valence-electron chi connectivity index (χ3n) is 3.38. The van der Waals surface area contributed by atoms with Gasteiger partial charge in [-0.1, -0.05) is 18.2 Å². The first-order valence-corrected chi connectivity index (χ1v) is 7.25. The van der Waals surface area contributed by atoms with Crippen LogP contribution < -0.4 is 14.2 Å². The van der Waals surface area contributed by atoms with Crippen molar-refractivity contribution in [2.75, 3.05) is 20.3 Å². The Hall–Kier alpha value is -1.68. The zero-order chi connectivity index (χ0) is 13.9. The van der Waals surface area contributed by atoms with Crippen molar-refractivity contribution in [1.29, 1.82) is 0 Å². The van der Waals surface area contributed by atoms with Gasteiger partial charge in [-0.3, -0.25) is 0 Å². The van der Waals surface area contributed by atoms with Crippen molar-refractivity contribution in [1.82, 2.24) is 0 Å². The van der Waals surface area contributed by atoms with Gasteiger partial charge in [0.1, 0.15) is 17.2 Å². The first-order chi connectivity index (χ1) is 9.78. The average molecular weight is 335 g/mol. The summed E-state index contributed by atoms with van der Waals surface area (Å²) in [5.74, 6) is 2.86. The van der Waals surface area contributed by atoms with E-state index in [4.69, 9.17) is 14.2 Å². The molecular weight excluding hydrogens is 320 g/mol. The summed E-state index contributed by atoms with van der Waals surface area (Å²) in [5, 5.41) is 0. The van der Waals surface area contributed by atoms with E-state index in [0.717, 1.165) is 21.7 Å². The maximum Gasteiger partial charge on any atom is 0.133 e. The van der Waals surface area contributed by atoms with E-state index in [9.17, 15) is 0 Å². The highest BCUT2D eigenvalue weighted by atomic mass is 79.9. The van der Waals surface area contributed by atoms with Gasteiger partial charge < -0.3 is 14.2 Å². The SMILES string of the molecule is COc1ccc(OCC2COc3ccccc32)c(Br)c1. The predicted molar refractivity (Wildman–Crippen MR) is 80.9 cm³/mol. The monoisotopic (exact) mass is 334 g/mol. The van der Waals surface area contributed by atoms with Gasteiger partial charge in [0.05, 0.1) is 30.7 Å². The van der Waals surface area contributed by atoms with E-state index in [1.807, 2.05) is 36.4 Å². The molecule has 1 aliphatic heterocycles. The molecule has 2 aromatic rings. The third-order valence-corrected chi connectivity index (χ3v) is 4.00. The third kappa shape index (κ3) is 2.61. The lowest BCUT2D eigenvalue weighted by Gasteiger charge is -2.13. The van der Waals surface area contributed by atoms with Crippen LogP contribution in [0.2, 0.25) is 0 Å². The normalized spacial score (nSPS) is 16.4. The minimum absolute atomic E-state index is 0.278. The largest absolute Gasteiger partial charge is 0.497 e. The van der Waals surface area contributed by atoms with Crippen LogP contribution in [0, 0.1) is 0 Å². The van der Waals surface area contributed by atoms with Crippen molar-refractivity contribution in [3.05, 3.63) is 52.5 Å².